The Hall–Kier alpha value is -2.17. The summed E-state index contributed by atoms with van der Waals surface area (Å²) in [6, 6.07) is 9.31. The Balaban J connectivity index is 1.61. The van der Waals surface area contributed by atoms with Crippen molar-refractivity contribution < 1.29 is 4.79 Å². The van der Waals surface area contributed by atoms with Crippen LogP contribution in [0.5, 0.6) is 0 Å². The van der Waals surface area contributed by atoms with Crippen molar-refractivity contribution in [3.63, 3.8) is 0 Å². The highest BCUT2D eigenvalue weighted by Crippen LogP contribution is 2.24. The number of unbranched alkanes of at least 4 members (excludes halogenated alkanes) is 1. The number of nitrogens with one attached hydrogen (secondary N) is 1. The average Bonchev–Trinajstić information content (AvgIpc) is 3.35. The molecule has 150 valence electrons. The SMILES string of the molecule is CCCCn1c(=O)c2sccc2n2c(SCC(=O)Nc3ccc(Br)cc3)nnc12. The number of benzene rings is 1. The first kappa shape index (κ1) is 20.1. The Labute approximate surface area is 183 Å². The maximum atomic E-state index is 12.8. The third-order valence-electron chi connectivity index (χ3n) is 4.38. The van der Waals surface area contributed by atoms with E-state index in [1.165, 1.54) is 23.1 Å². The maximum absolute atomic E-state index is 12.8. The number of fused-ring (bicyclic) bond motifs is 3. The first-order chi connectivity index (χ1) is 14.1. The number of carbonyl (C=O) groups is 1. The van der Waals surface area contributed by atoms with Gasteiger partial charge in [-0.2, -0.15) is 0 Å². The summed E-state index contributed by atoms with van der Waals surface area (Å²) in [6.45, 7) is 2.68. The van der Waals surface area contributed by atoms with Crippen LogP contribution in [0.3, 0.4) is 0 Å². The third-order valence-corrected chi connectivity index (χ3v) is 6.73. The zero-order valence-electron chi connectivity index (χ0n) is 15.6. The van der Waals surface area contributed by atoms with Gasteiger partial charge in [-0.25, -0.2) is 0 Å². The minimum atomic E-state index is -0.130. The Morgan fingerprint density at radius 1 is 1.24 bits per heavy atom. The molecule has 3 heterocycles. The Morgan fingerprint density at radius 2 is 2.03 bits per heavy atom. The van der Waals surface area contributed by atoms with Crippen molar-refractivity contribution in [3.8, 4) is 0 Å². The molecule has 3 aromatic heterocycles. The second kappa shape index (κ2) is 8.68. The fourth-order valence-electron chi connectivity index (χ4n) is 2.97. The van der Waals surface area contributed by atoms with Gasteiger partial charge in [0.1, 0.15) is 4.70 Å². The van der Waals surface area contributed by atoms with E-state index >= 15 is 0 Å². The molecular weight excluding hydrogens is 474 g/mol. The predicted octanol–water partition coefficient (Wildman–Crippen LogP) is 4.40. The normalized spacial score (nSPS) is 11.4. The second-order valence-corrected chi connectivity index (χ2v) is 9.18. The molecule has 29 heavy (non-hydrogen) atoms. The van der Waals surface area contributed by atoms with Crippen LogP contribution in [0.2, 0.25) is 0 Å². The van der Waals surface area contributed by atoms with Crippen LogP contribution in [0.4, 0.5) is 5.69 Å². The molecule has 1 N–H and O–H groups in total. The van der Waals surface area contributed by atoms with Crippen molar-refractivity contribution in [2.45, 2.75) is 31.5 Å². The predicted molar refractivity (Wildman–Crippen MR) is 121 cm³/mol. The number of halogens is 1. The summed E-state index contributed by atoms with van der Waals surface area (Å²) in [5, 5.41) is 13.9. The van der Waals surface area contributed by atoms with Crippen molar-refractivity contribution in [1.82, 2.24) is 19.2 Å². The highest BCUT2D eigenvalue weighted by molar-refractivity contribution is 9.10. The van der Waals surface area contributed by atoms with Crippen molar-refractivity contribution in [3.05, 3.63) is 50.5 Å². The summed E-state index contributed by atoms with van der Waals surface area (Å²) in [5.41, 5.74) is 1.48. The fraction of sp³-hybridized carbons (Fsp3) is 0.263. The van der Waals surface area contributed by atoms with Crippen molar-refractivity contribution in [2.24, 2.45) is 0 Å². The van der Waals surface area contributed by atoms with E-state index < -0.39 is 0 Å². The minimum absolute atomic E-state index is 0.0344. The van der Waals surface area contributed by atoms with Crippen LogP contribution in [-0.2, 0) is 11.3 Å². The third kappa shape index (κ3) is 4.10. The number of nitrogens with zero attached hydrogens (tertiary/aromatic N) is 4. The molecule has 0 radical (unpaired) electrons. The molecular formula is C19H18BrN5O2S2. The first-order valence-electron chi connectivity index (χ1n) is 9.12. The molecule has 7 nitrogen and oxygen atoms in total. The molecule has 4 aromatic rings. The molecule has 0 aliphatic rings. The lowest BCUT2D eigenvalue weighted by Gasteiger charge is -2.09. The van der Waals surface area contributed by atoms with Gasteiger partial charge in [0.25, 0.3) is 5.56 Å². The number of amides is 1. The molecule has 10 heteroatoms. The molecule has 1 aromatic carbocycles. The highest BCUT2D eigenvalue weighted by Gasteiger charge is 2.18. The number of anilines is 1. The van der Waals surface area contributed by atoms with Crippen molar-refractivity contribution in [1.29, 1.82) is 0 Å². The van der Waals surface area contributed by atoms with E-state index in [2.05, 4.69) is 38.4 Å². The molecule has 0 saturated carbocycles. The van der Waals surface area contributed by atoms with E-state index in [9.17, 15) is 9.59 Å². The van der Waals surface area contributed by atoms with Gasteiger partial charge in [-0.1, -0.05) is 41.0 Å². The zero-order valence-corrected chi connectivity index (χ0v) is 18.8. The van der Waals surface area contributed by atoms with Crippen LogP contribution in [0.25, 0.3) is 16.0 Å². The number of rotatable bonds is 7. The quantitative estimate of drug-likeness (QED) is 0.387. The van der Waals surface area contributed by atoms with Gasteiger partial charge in [-0.15, -0.1) is 21.5 Å². The Kier molecular flexibility index (Phi) is 6.02. The second-order valence-electron chi connectivity index (χ2n) is 6.41. The Bertz CT molecular complexity index is 1230. The number of thioether (sulfide) groups is 1. The molecule has 0 unspecified atom stereocenters. The molecule has 0 spiro atoms. The van der Waals surface area contributed by atoms with Crippen LogP contribution in [0.15, 0.2) is 50.1 Å². The maximum Gasteiger partial charge on any atom is 0.272 e. The standard InChI is InChI=1S/C19H18BrN5O2S2/c1-2-3-9-24-17(27)16-14(8-10-28-16)25-18(24)22-23-19(25)29-11-15(26)21-13-6-4-12(20)5-7-13/h4-8,10H,2-3,9,11H2,1H3,(H,21,26). The smallest absolute Gasteiger partial charge is 0.272 e. The van der Waals surface area contributed by atoms with E-state index in [0.717, 1.165) is 28.5 Å². The van der Waals surface area contributed by atoms with Gasteiger partial charge in [-0.3, -0.25) is 18.6 Å². The van der Waals surface area contributed by atoms with Crippen LogP contribution in [0, 0.1) is 0 Å². The average molecular weight is 492 g/mol. The summed E-state index contributed by atoms with van der Waals surface area (Å²) < 4.78 is 5.19. The summed E-state index contributed by atoms with van der Waals surface area (Å²) in [5.74, 6) is 0.580. The summed E-state index contributed by atoms with van der Waals surface area (Å²) in [4.78, 5) is 25.2. The minimum Gasteiger partial charge on any atom is -0.325 e. The number of hydrogen-bond donors (Lipinski definition) is 1. The zero-order chi connectivity index (χ0) is 20.4. The number of aromatic nitrogens is 4. The number of aryl methyl sites for hydroxylation is 1. The lowest BCUT2D eigenvalue weighted by atomic mass is 10.3. The largest absolute Gasteiger partial charge is 0.325 e. The molecule has 0 aliphatic heterocycles. The van der Waals surface area contributed by atoms with E-state index in [4.69, 9.17) is 0 Å². The van der Waals surface area contributed by atoms with E-state index in [1.807, 2.05) is 40.1 Å². The van der Waals surface area contributed by atoms with E-state index in [-0.39, 0.29) is 17.2 Å². The van der Waals surface area contributed by atoms with Crippen molar-refractivity contribution in [2.75, 3.05) is 11.1 Å². The van der Waals surface area contributed by atoms with Gasteiger partial charge in [0.2, 0.25) is 11.7 Å². The highest BCUT2D eigenvalue weighted by atomic mass is 79.9. The molecule has 4 rings (SSSR count). The van der Waals surface area contributed by atoms with Gasteiger partial charge in [0.05, 0.1) is 11.3 Å². The van der Waals surface area contributed by atoms with Crippen LogP contribution < -0.4 is 10.9 Å². The summed E-state index contributed by atoms with van der Waals surface area (Å²) >= 11 is 6.09. The lowest BCUT2D eigenvalue weighted by Crippen LogP contribution is -2.22. The molecule has 0 aliphatic carbocycles. The van der Waals surface area contributed by atoms with E-state index in [0.29, 0.717) is 22.2 Å². The molecule has 1 amide bonds. The lowest BCUT2D eigenvalue weighted by molar-refractivity contribution is -0.113. The topological polar surface area (TPSA) is 81.3 Å². The number of thiophene rings is 1. The van der Waals surface area contributed by atoms with E-state index in [1.54, 1.807) is 4.57 Å². The summed E-state index contributed by atoms with van der Waals surface area (Å²) in [6.07, 6.45) is 1.87. The summed E-state index contributed by atoms with van der Waals surface area (Å²) in [7, 11) is 0. The molecule has 0 bridgehead atoms. The van der Waals surface area contributed by atoms with Crippen molar-refractivity contribution >= 4 is 66.6 Å². The van der Waals surface area contributed by atoms with Crippen LogP contribution in [0.1, 0.15) is 19.8 Å². The first-order valence-corrected chi connectivity index (χ1v) is 11.8. The van der Waals surface area contributed by atoms with Crippen LogP contribution >= 0.6 is 39.0 Å². The van der Waals surface area contributed by atoms with Gasteiger partial charge in [-0.05, 0) is 42.1 Å². The van der Waals surface area contributed by atoms with Gasteiger partial charge >= 0.3 is 0 Å². The van der Waals surface area contributed by atoms with Gasteiger partial charge < -0.3 is 5.32 Å². The van der Waals surface area contributed by atoms with Gasteiger partial charge in [0.15, 0.2) is 5.16 Å². The monoisotopic (exact) mass is 491 g/mol. The molecule has 0 fully saturated rings. The number of hydrogen-bond acceptors (Lipinski definition) is 6. The van der Waals surface area contributed by atoms with Gasteiger partial charge in [0, 0.05) is 16.7 Å². The number of carbonyl (C=O) groups excluding carboxylic acids is 1. The Morgan fingerprint density at radius 3 is 2.79 bits per heavy atom. The molecule has 0 saturated heterocycles. The van der Waals surface area contributed by atoms with Crippen LogP contribution in [-0.4, -0.2) is 30.8 Å². The fourth-order valence-corrected chi connectivity index (χ4v) is 4.80. The molecule has 0 atom stereocenters.